The van der Waals surface area contributed by atoms with Crippen LogP contribution < -0.4 is 4.90 Å². The molecular weight excluding hydrogens is 461 g/mol. The highest BCUT2D eigenvalue weighted by Gasteiger charge is 2.37. The van der Waals surface area contributed by atoms with Crippen molar-refractivity contribution in [3.8, 4) is 22.8 Å². The molecule has 186 valence electrons. The molecule has 2 aromatic carbocycles. The minimum absolute atomic E-state index is 0.00265. The molecule has 35 heavy (non-hydrogen) atoms. The number of benzene rings is 2. The number of nitrogens with zero attached hydrogens (tertiary/aromatic N) is 4. The molecule has 1 aliphatic rings. The second-order valence-electron chi connectivity index (χ2n) is 8.96. The van der Waals surface area contributed by atoms with E-state index in [4.69, 9.17) is 9.63 Å². The third kappa shape index (κ3) is 5.82. The SMILES string of the molecule is CC1CCCCN1c1ccc(-c2nc(-c3cccc(CN(C)CC(=O)O)c3)no2)cc1C(F)(F)F. The molecule has 1 unspecified atom stereocenters. The molecule has 0 spiro atoms. The third-order valence-electron chi connectivity index (χ3n) is 6.13. The third-order valence-corrected chi connectivity index (χ3v) is 6.13. The van der Waals surface area contributed by atoms with Crippen molar-refractivity contribution < 1.29 is 27.6 Å². The number of carboxylic acid groups (broad SMARTS) is 1. The molecule has 10 heteroatoms. The molecule has 0 radical (unpaired) electrons. The van der Waals surface area contributed by atoms with E-state index in [0.29, 0.717) is 18.7 Å². The zero-order valence-corrected chi connectivity index (χ0v) is 19.5. The van der Waals surface area contributed by atoms with Crippen LogP contribution in [-0.2, 0) is 17.5 Å². The molecule has 2 heterocycles. The minimum Gasteiger partial charge on any atom is -0.480 e. The van der Waals surface area contributed by atoms with E-state index in [2.05, 4.69) is 10.1 Å². The van der Waals surface area contributed by atoms with Gasteiger partial charge in [0.05, 0.1) is 12.1 Å². The molecule has 1 saturated heterocycles. The van der Waals surface area contributed by atoms with E-state index >= 15 is 0 Å². The van der Waals surface area contributed by atoms with Gasteiger partial charge in [0.25, 0.3) is 5.89 Å². The van der Waals surface area contributed by atoms with Gasteiger partial charge in [-0.25, -0.2) is 0 Å². The molecule has 1 aromatic heterocycles. The van der Waals surface area contributed by atoms with Crippen LogP contribution in [0.5, 0.6) is 0 Å². The maximum absolute atomic E-state index is 14.0. The summed E-state index contributed by atoms with van der Waals surface area (Å²) in [6, 6.07) is 11.4. The van der Waals surface area contributed by atoms with Crippen LogP contribution in [0.3, 0.4) is 0 Å². The van der Waals surface area contributed by atoms with Crippen molar-refractivity contribution in [3.05, 3.63) is 53.6 Å². The van der Waals surface area contributed by atoms with Crippen molar-refractivity contribution in [1.82, 2.24) is 15.0 Å². The molecule has 3 aromatic rings. The lowest BCUT2D eigenvalue weighted by atomic mass is 9.99. The summed E-state index contributed by atoms with van der Waals surface area (Å²) in [6.45, 7) is 2.83. The molecule has 1 N–H and O–H groups in total. The molecule has 0 amide bonds. The monoisotopic (exact) mass is 488 g/mol. The van der Waals surface area contributed by atoms with Gasteiger partial charge < -0.3 is 14.5 Å². The lowest BCUT2D eigenvalue weighted by molar-refractivity contribution is -0.138. The first-order valence-electron chi connectivity index (χ1n) is 11.4. The van der Waals surface area contributed by atoms with Crippen LogP contribution >= 0.6 is 0 Å². The average molecular weight is 489 g/mol. The Labute approximate surface area is 201 Å². The second-order valence-corrected chi connectivity index (χ2v) is 8.96. The molecule has 1 fully saturated rings. The topological polar surface area (TPSA) is 82.7 Å². The molecule has 0 bridgehead atoms. The van der Waals surface area contributed by atoms with Crippen molar-refractivity contribution in [2.45, 2.75) is 44.9 Å². The summed E-state index contributed by atoms with van der Waals surface area (Å²) in [5.41, 5.74) is 1.12. The van der Waals surface area contributed by atoms with E-state index in [1.807, 2.05) is 17.9 Å². The number of halogens is 3. The minimum atomic E-state index is -4.53. The zero-order chi connectivity index (χ0) is 25.2. The number of aliphatic carboxylic acids is 1. The first kappa shape index (κ1) is 24.7. The van der Waals surface area contributed by atoms with Crippen molar-refractivity contribution >= 4 is 11.7 Å². The Morgan fingerprint density at radius 2 is 2.00 bits per heavy atom. The van der Waals surface area contributed by atoms with Crippen LogP contribution in [0.25, 0.3) is 22.8 Å². The highest BCUT2D eigenvalue weighted by molar-refractivity contribution is 5.69. The van der Waals surface area contributed by atoms with E-state index in [1.165, 1.54) is 6.07 Å². The first-order valence-corrected chi connectivity index (χ1v) is 11.4. The van der Waals surface area contributed by atoms with Crippen LogP contribution in [0, 0.1) is 0 Å². The quantitative estimate of drug-likeness (QED) is 0.482. The standard InChI is InChI=1S/C25H27F3N4O3/c1-16-6-3-4-11-32(16)21-10-9-19(13-20(21)25(26,27)28)24-29-23(30-35-24)18-8-5-7-17(12-18)14-31(2)15-22(33)34/h5,7-10,12-13,16H,3-4,6,11,14-15H2,1-2H3,(H,33,34). The Balaban J connectivity index is 1.61. The number of likely N-dealkylation sites (N-methyl/N-ethyl adjacent to an activating group) is 1. The fourth-order valence-corrected chi connectivity index (χ4v) is 4.47. The fourth-order valence-electron chi connectivity index (χ4n) is 4.47. The Hall–Kier alpha value is -3.40. The maximum atomic E-state index is 14.0. The maximum Gasteiger partial charge on any atom is 0.418 e. The lowest BCUT2D eigenvalue weighted by Crippen LogP contribution is -2.38. The predicted molar refractivity (Wildman–Crippen MR) is 125 cm³/mol. The average Bonchev–Trinajstić information content (AvgIpc) is 3.28. The summed E-state index contributed by atoms with van der Waals surface area (Å²) >= 11 is 0. The van der Waals surface area contributed by atoms with E-state index in [0.717, 1.165) is 30.9 Å². The van der Waals surface area contributed by atoms with E-state index in [-0.39, 0.29) is 35.6 Å². The van der Waals surface area contributed by atoms with Crippen LogP contribution in [-0.4, -0.2) is 52.3 Å². The number of carbonyl (C=O) groups is 1. The van der Waals surface area contributed by atoms with Gasteiger partial charge in [0.2, 0.25) is 5.82 Å². The van der Waals surface area contributed by atoms with Gasteiger partial charge in [-0.1, -0.05) is 23.4 Å². The molecular formula is C25H27F3N4O3. The van der Waals surface area contributed by atoms with Crippen LogP contribution in [0.15, 0.2) is 47.0 Å². The number of carboxylic acids is 1. The number of rotatable bonds is 7. The van der Waals surface area contributed by atoms with Crippen LogP contribution in [0.2, 0.25) is 0 Å². The molecule has 1 atom stereocenters. The van der Waals surface area contributed by atoms with Gasteiger partial charge in [0.1, 0.15) is 0 Å². The van der Waals surface area contributed by atoms with Gasteiger partial charge in [-0.15, -0.1) is 0 Å². The van der Waals surface area contributed by atoms with Crippen molar-refractivity contribution in [3.63, 3.8) is 0 Å². The van der Waals surface area contributed by atoms with E-state index in [9.17, 15) is 18.0 Å². The Kier molecular flexibility index (Phi) is 7.11. The Bertz CT molecular complexity index is 1190. The van der Waals surface area contributed by atoms with E-state index in [1.54, 1.807) is 36.2 Å². The van der Waals surface area contributed by atoms with Gasteiger partial charge >= 0.3 is 12.1 Å². The van der Waals surface area contributed by atoms with Gasteiger partial charge in [0, 0.05) is 35.9 Å². The molecule has 1 aliphatic heterocycles. The number of anilines is 1. The summed E-state index contributed by atoms with van der Waals surface area (Å²) < 4.78 is 47.3. The number of hydrogen-bond acceptors (Lipinski definition) is 6. The second kappa shape index (κ2) is 10.1. The first-order chi connectivity index (χ1) is 16.6. The Morgan fingerprint density at radius 1 is 1.20 bits per heavy atom. The zero-order valence-electron chi connectivity index (χ0n) is 19.5. The van der Waals surface area contributed by atoms with Crippen molar-refractivity contribution in [1.29, 1.82) is 0 Å². The molecule has 4 rings (SSSR count). The molecule has 7 nitrogen and oxygen atoms in total. The van der Waals surface area contributed by atoms with Crippen LogP contribution in [0.4, 0.5) is 18.9 Å². The Morgan fingerprint density at radius 3 is 2.71 bits per heavy atom. The van der Waals surface area contributed by atoms with Crippen LogP contribution in [0.1, 0.15) is 37.3 Å². The summed E-state index contributed by atoms with van der Waals surface area (Å²) in [7, 11) is 1.69. The normalized spacial score (nSPS) is 16.6. The fraction of sp³-hybridized carbons (Fsp3) is 0.400. The smallest absolute Gasteiger partial charge is 0.418 e. The number of aromatic nitrogens is 2. The van der Waals surface area contributed by atoms with Gasteiger partial charge in [-0.2, -0.15) is 18.2 Å². The summed E-state index contributed by atoms with van der Waals surface area (Å²) in [4.78, 5) is 18.7. The number of alkyl halides is 3. The largest absolute Gasteiger partial charge is 0.480 e. The lowest BCUT2D eigenvalue weighted by Gasteiger charge is -2.37. The van der Waals surface area contributed by atoms with Gasteiger partial charge in [0.15, 0.2) is 0 Å². The van der Waals surface area contributed by atoms with Crippen molar-refractivity contribution in [2.75, 3.05) is 25.0 Å². The molecule has 0 aliphatic carbocycles. The number of piperidine rings is 1. The predicted octanol–water partition coefficient (Wildman–Crippen LogP) is 5.32. The number of hydrogen-bond donors (Lipinski definition) is 1. The molecule has 0 saturated carbocycles. The summed E-state index contributed by atoms with van der Waals surface area (Å²) in [5, 5.41) is 12.9. The van der Waals surface area contributed by atoms with Gasteiger partial charge in [-0.3, -0.25) is 9.69 Å². The highest BCUT2D eigenvalue weighted by atomic mass is 19.4. The summed E-state index contributed by atoms with van der Waals surface area (Å²) in [5.74, 6) is -0.687. The van der Waals surface area contributed by atoms with Gasteiger partial charge in [-0.05, 0) is 63.1 Å². The summed E-state index contributed by atoms with van der Waals surface area (Å²) in [6.07, 6.45) is -1.79. The van der Waals surface area contributed by atoms with E-state index < -0.39 is 17.7 Å². The van der Waals surface area contributed by atoms with Crippen molar-refractivity contribution in [2.24, 2.45) is 0 Å². The highest BCUT2D eigenvalue weighted by Crippen LogP contribution is 2.41.